The summed E-state index contributed by atoms with van der Waals surface area (Å²) in [5.74, 6) is 0. The van der Waals surface area contributed by atoms with Crippen molar-refractivity contribution in [3.05, 3.63) is 29.8 Å². The zero-order valence-corrected chi connectivity index (χ0v) is 13.4. The van der Waals surface area contributed by atoms with Crippen molar-refractivity contribution >= 4 is 26.0 Å². The SMILES string of the molecule is CCC(C)(CCBr)NS(=O)(=O)c1ccc(C)cc1. The number of rotatable bonds is 6. The summed E-state index contributed by atoms with van der Waals surface area (Å²) >= 11 is 3.36. The van der Waals surface area contributed by atoms with Crippen molar-refractivity contribution in [3.8, 4) is 0 Å². The molecule has 0 aliphatic rings. The lowest BCUT2D eigenvalue weighted by atomic mass is 9.98. The molecule has 102 valence electrons. The van der Waals surface area contributed by atoms with Gasteiger partial charge in [-0.05, 0) is 38.8 Å². The highest BCUT2D eigenvalue weighted by molar-refractivity contribution is 9.09. The van der Waals surface area contributed by atoms with Crippen LogP contribution in [0.3, 0.4) is 0 Å². The van der Waals surface area contributed by atoms with E-state index in [0.717, 1.165) is 23.7 Å². The minimum absolute atomic E-state index is 0.322. The summed E-state index contributed by atoms with van der Waals surface area (Å²) in [6.45, 7) is 5.85. The second kappa shape index (κ2) is 6.17. The van der Waals surface area contributed by atoms with Crippen molar-refractivity contribution in [1.29, 1.82) is 0 Å². The molecule has 3 nitrogen and oxygen atoms in total. The molecule has 1 aromatic carbocycles. The van der Waals surface area contributed by atoms with Crippen molar-refractivity contribution in [2.45, 2.75) is 44.0 Å². The number of hydrogen-bond acceptors (Lipinski definition) is 2. The van der Waals surface area contributed by atoms with Gasteiger partial charge in [-0.25, -0.2) is 13.1 Å². The Morgan fingerprint density at radius 1 is 1.28 bits per heavy atom. The maximum absolute atomic E-state index is 12.3. The third-order valence-corrected chi connectivity index (χ3v) is 5.19. The van der Waals surface area contributed by atoms with Gasteiger partial charge in [-0.2, -0.15) is 0 Å². The Balaban J connectivity index is 2.97. The fourth-order valence-corrected chi connectivity index (χ4v) is 3.99. The molecule has 0 fully saturated rings. The van der Waals surface area contributed by atoms with Crippen molar-refractivity contribution in [2.75, 3.05) is 5.33 Å². The first-order valence-corrected chi connectivity index (χ1v) is 8.60. The lowest BCUT2D eigenvalue weighted by Gasteiger charge is -2.28. The monoisotopic (exact) mass is 333 g/mol. The van der Waals surface area contributed by atoms with Crippen LogP contribution >= 0.6 is 15.9 Å². The van der Waals surface area contributed by atoms with Gasteiger partial charge in [0, 0.05) is 10.9 Å². The summed E-state index contributed by atoms with van der Waals surface area (Å²) in [5.41, 5.74) is 0.639. The molecule has 0 saturated carbocycles. The number of aryl methyl sites for hydroxylation is 1. The van der Waals surface area contributed by atoms with Crippen LogP contribution in [0, 0.1) is 6.92 Å². The smallest absolute Gasteiger partial charge is 0.207 e. The van der Waals surface area contributed by atoms with E-state index < -0.39 is 15.6 Å². The van der Waals surface area contributed by atoms with E-state index >= 15 is 0 Å². The van der Waals surface area contributed by atoms with E-state index in [1.54, 1.807) is 12.1 Å². The molecular weight excluding hydrogens is 314 g/mol. The Hall–Kier alpha value is -0.390. The average Bonchev–Trinajstić information content (AvgIpc) is 2.29. The third-order valence-electron chi connectivity index (χ3n) is 3.14. The van der Waals surface area contributed by atoms with Crippen LogP contribution in [0.15, 0.2) is 29.2 Å². The fraction of sp³-hybridized carbons (Fsp3) is 0.538. The van der Waals surface area contributed by atoms with Gasteiger partial charge in [-0.1, -0.05) is 40.5 Å². The van der Waals surface area contributed by atoms with Crippen molar-refractivity contribution < 1.29 is 8.42 Å². The molecule has 0 amide bonds. The molecule has 0 bridgehead atoms. The zero-order valence-electron chi connectivity index (χ0n) is 11.0. The van der Waals surface area contributed by atoms with Crippen LogP contribution in [0.4, 0.5) is 0 Å². The van der Waals surface area contributed by atoms with Gasteiger partial charge in [0.25, 0.3) is 0 Å². The molecule has 1 aromatic rings. The molecule has 1 unspecified atom stereocenters. The van der Waals surface area contributed by atoms with E-state index in [2.05, 4.69) is 20.7 Å². The maximum Gasteiger partial charge on any atom is 0.241 e. The molecule has 0 radical (unpaired) electrons. The van der Waals surface area contributed by atoms with Crippen molar-refractivity contribution in [2.24, 2.45) is 0 Å². The van der Waals surface area contributed by atoms with Crippen LogP contribution in [0.5, 0.6) is 0 Å². The predicted molar refractivity (Wildman–Crippen MR) is 78.6 cm³/mol. The molecule has 5 heteroatoms. The number of hydrogen-bond donors (Lipinski definition) is 1. The number of sulfonamides is 1. The molecule has 1 atom stereocenters. The standard InChI is InChI=1S/C13H20BrNO2S/c1-4-13(3,9-10-14)15-18(16,17)12-7-5-11(2)6-8-12/h5-8,15H,4,9-10H2,1-3H3. The lowest BCUT2D eigenvalue weighted by Crippen LogP contribution is -2.45. The summed E-state index contributed by atoms with van der Waals surface area (Å²) in [6.07, 6.45) is 1.51. The summed E-state index contributed by atoms with van der Waals surface area (Å²) in [4.78, 5) is 0.322. The van der Waals surface area contributed by atoms with Crippen LogP contribution < -0.4 is 4.72 Å². The van der Waals surface area contributed by atoms with Gasteiger partial charge in [0.2, 0.25) is 10.0 Å². The summed E-state index contributed by atoms with van der Waals surface area (Å²) in [7, 11) is -3.44. The summed E-state index contributed by atoms with van der Waals surface area (Å²) in [5, 5.41) is 0.772. The third kappa shape index (κ3) is 4.07. The van der Waals surface area contributed by atoms with Gasteiger partial charge >= 0.3 is 0 Å². The number of nitrogens with one attached hydrogen (secondary N) is 1. The topological polar surface area (TPSA) is 46.2 Å². The second-order valence-electron chi connectivity index (χ2n) is 4.77. The summed E-state index contributed by atoms with van der Waals surface area (Å²) in [6, 6.07) is 6.90. The predicted octanol–water partition coefficient (Wildman–Crippen LogP) is 3.23. The van der Waals surface area contributed by atoms with Crippen LogP contribution in [0.25, 0.3) is 0 Å². The van der Waals surface area contributed by atoms with Gasteiger partial charge in [-0.15, -0.1) is 0 Å². The average molecular weight is 334 g/mol. The molecule has 0 spiro atoms. The molecular formula is C13H20BrNO2S. The molecule has 0 aliphatic carbocycles. The molecule has 1 N–H and O–H groups in total. The molecule has 0 aromatic heterocycles. The largest absolute Gasteiger partial charge is 0.241 e. The zero-order chi connectivity index (χ0) is 13.8. The molecule has 18 heavy (non-hydrogen) atoms. The van der Waals surface area contributed by atoms with Crippen molar-refractivity contribution in [1.82, 2.24) is 4.72 Å². The van der Waals surface area contributed by atoms with Gasteiger partial charge < -0.3 is 0 Å². The van der Waals surface area contributed by atoms with Gasteiger partial charge in [0.15, 0.2) is 0 Å². The normalized spacial score (nSPS) is 15.3. The molecule has 0 heterocycles. The molecule has 1 rings (SSSR count). The minimum atomic E-state index is -3.44. The van der Waals surface area contributed by atoms with Gasteiger partial charge in [-0.3, -0.25) is 0 Å². The van der Waals surface area contributed by atoms with Crippen LogP contribution in [0.1, 0.15) is 32.3 Å². The lowest BCUT2D eigenvalue weighted by molar-refractivity contribution is 0.392. The quantitative estimate of drug-likeness (QED) is 0.812. The number of alkyl halides is 1. The highest BCUT2D eigenvalue weighted by atomic mass is 79.9. The fourth-order valence-electron chi connectivity index (χ4n) is 1.61. The van der Waals surface area contributed by atoms with E-state index in [0.29, 0.717) is 4.90 Å². The van der Waals surface area contributed by atoms with E-state index in [4.69, 9.17) is 0 Å². The van der Waals surface area contributed by atoms with E-state index in [1.807, 2.05) is 32.9 Å². The van der Waals surface area contributed by atoms with Crippen LogP contribution in [-0.4, -0.2) is 19.3 Å². The first-order chi connectivity index (χ1) is 8.33. The first-order valence-electron chi connectivity index (χ1n) is 5.99. The Labute approximate surface area is 118 Å². The van der Waals surface area contributed by atoms with E-state index in [9.17, 15) is 8.42 Å². The highest BCUT2D eigenvalue weighted by Crippen LogP contribution is 2.20. The first kappa shape index (κ1) is 15.7. The van der Waals surface area contributed by atoms with Crippen LogP contribution in [-0.2, 0) is 10.0 Å². The highest BCUT2D eigenvalue weighted by Gasteiger charge is 2.28. The Kier molecular flexibility index (Phi) is 5.37. The Bertz CT molecular complexity index is 484. The molecule has 0 saturated heterocycles. The van der Waals surface area contributed by atoms with Crippen molar-refractivity contribution in [3.63, 3.8) is 0 Å². The van der Waals surface area contributed by atoms with E-state index in [1.165, 1.54) is 0 Å². The number of benzene rings is 1. The number of halogens is 1. The Morgan fingerprint density at radius 3 is 2.28 bits per heavy atom. The van der Waals surface area contributed by atoms with Crippen LogP contribution in [0.2, 0.25) is 0 Å². The molecule has 0 aliphatic heterocycles. The maximum atomic E-state index is 12.3. The van der Waals surface area contributed by atoms with E-state index in [-0.39, 0.29) is 0 Å². The Morgan fingerprint density at radius 2 is 1.83 bits per heavy atom. The van der Waals surface area contributed by atoms with Gasteiger partial charge in [0.05, 0.1) is 4.90 Å². The van der Waals surface area contributed by atoms with Gasteiger partial charge in [0.1, 0.15) is 0 Å². The summed E-state index contributed by atoms with van der Waals surface area (Å²) < 4.78 is 27.3. The second-order valence-corrected chi connectivity index (χ2v) is 7.25. The minimum Gasteiger partial charge on any atom is -0.207 e.